The molecule has 28 heavy (non-hydrogen) atoms. The number of carbonyl (C=O) groups excluding carboxylic acids is 1. The van der Waals surface area contributed by atoms with E-state index in [1.54, 1.807) is 13.0 Å². The highest BCUT2D eigenvalue weighted by Crippen LogP contribution is 2.33. The van der Waals surface area contributed by atoms with Gasteiger partial charge in [0.15, 0.2) is 5.65 Å². The number of carbonyl (C=O) groups is 1. The summed E-state index contributed by atoms with van der Waals surface area (Å²) in [5, 5.41) is 4.23. The molecule has 0 aromatic carbocycles. The van der Waals surface area contributed by atoms with Gasteiger partial charge in [-0.25, -0.2) is 9.50 Å². The quantitative estimate of drug-likeness (QED) is 0.743. The Balaban J connectivity index is 1.58. The van der Waals surface area contributed by atoms with Crippen LogP contribution in [0.3, 0.4) is 0 Å². The van der Waals surface area contributed by atoms with Gasteiger partial charge >= 0.3 is 6.18 Å². The first-order valence-electron chi connectivity index (χ1n) is 9.77. The summed E-state index contributed by atoms with van der Waals surface area (Å²) in [7, 11) is 0. The van der Waals surface area contributed by atoms with Gasteiger partial charge < -0.3 is 4.90 Å². The summed E-state index contributed by atoms with van der Waals surface area (Å²) in [5.74, 6) is 0.115. The number of amides is 1. The van der Waals surface area contributed by atoms with Gasteiger partial charge in [0, 0.05) is 36.7 Å². The molecule has 150 valence electrons. The Bertz CT molecular complexity index is 918. The fourth-order valence-electron chi connectivity index (χ4n) is 4.10. The van der Waals surface area contributed by atoms with E-state index in [-0.39, 0.29) is 23.4 Å². The molecule has 0 radical (unpaired) electrons. The van der Waals surface area contributed by atoms with Gasteiger partial charge in [0.25, 0.3) is 0 Å². The van der Waals surface area contributed by atoms with Crippen molar-refractivity contribution in [3.63, 3.8) is 0 Å². The molecule has 0 unspecified atom stereocenters. The Kier molecular flexibility index (Phi) is 4.89. The zero-order chi connectivity index (χ0) is 19.9. The van der Waals surface area contributed by atoms with Crippen molar-refractivity contribution in [3.05, 3.63) is 41.4 Å². The van der Waals surface area contributed by atoms with Crippen LogP contribution in [0.2, 0.25) is 0 Å². The van der Waals surface area contributed by atoms with Crippen LogP contribution in [0, 0.1) is 5.92 Å². The van der Waals surface area contributed by atoms with Crippen LogP contribution in [0.4, 0.5) is 13.2 Å². The third-order valence-electron chi connectivity index (χ3n) is 5.69. The molecule has 4 rings (SSSR count). The second kappa shape index (κ2) is 7.22. The molecule has 1 aliphatic carbocycles. The number of alkyl halides is 3. The Morgan fingerprint density at radius 3 is 2.75 bits per heavy atom. The van der Waals surface area contributed by atoms with E-state index in [2.05, 4.69) is 22.2 Å². The molecule has 2 aliphatic rings. The first-order chi connectivity index (χ1) is 13.4. The van der Waals surface area contributed by atoms with E-state index in [0.29, 0.717) is 37.3 Å². The molecule has 2 aromatic heterocycles. The lowest BCUT2D eigenvalue weighted by Gasteiger charge is -2.24. The second-order valence-corrected chi connectivity index (χ2v) is 7.57. The van der Waals surface area contributed by atoms with Crippen LogP contribution in [0.25, 0.3) is 5.65 Å². The number of nitrogens with zero attached hydrogens (tertiary/aromatic N) is 4. The van der Waals surface area contributed by atoms with E-state index in [0.717, 1.165) is 29.8 Å². The molecule has 1 amide bonds. The van der Waals surface area contributed by atoms with E-state index in [1.165, 1.54) is 0 Å². The van der Waals surface area contributed by atoms with Gasteiger partial charge in [-0.15, -0.1) is 0 Å². The molecule has 1 fully saturated rings. The minimum atomic E-state index is -4.50. The van der Waals surface area contributed by atoms with Crippen molar-refractivity contribution < 1.29 is 18.0 Å². The van der Waals surface area contributed by atoms with Gasteiger partial charge in [0.05, 0.1) is 5.69 Å². The number of aromatic nitrogens is 3. The lowest BCUT2D eigenvalue weighted by Crippen LogP contribution is -2.34. The van der Waals surface area contributed by atoms with Crippen LogP contribution in [-0.4, -0.2) is 38.5 Å². The molecular formula is C20H23F3N4O. The lowest BCUT2D eigenvalue weighted by atomic mass is 9.93. The maximum absolute atomic E-state index is 13.4. The van der Waals surface area contributed by atoms with Crippen molar-refractivity contribution >= 4 is 11.6 Å². The fourth-order valence-corrected chi connectivity index (χ4v) is 4.10. The lowest BCUT2D eigenvalue weighted by molar-refractivity contribution is -0.142. The monoisotopic (exact) mass is 392 g/mol. The number of aryl methyl sites for hydroxylation is 1. The van der Waals surface area contributed by atoms with E-state index in [1.807, 2.05) is 4.90 Å². The molecule has 8 heteroatoms. The first-order valence-corrected chi connectivity index (χ1v) is 9.77. The van der Waals surface area contributed by atoms with Crippen LogP contribution in [-0.2, 0) is 17.4 Å². The van der Waals surface area contributed by atoms with Crippen LogP contribution >= 0.6 is 0 Å². The second-order valence-electron chi connectivity index (χ2n) is 7.57. The Labute approximate surface area is 161 Å². The summed E-state index contributed by atoms with van der Waals surface area (Å²) in [6.07, 6.45) is 3.34. The van der Waals surface area contributed by atoms with E-state index >= 15 is 0 Å². The Hall–Kier alpha value is -2.38. The van der Waals surface area contributed by atoms with Crippen LogP contribution in [0.1, 0.15) is 55.6 Å². The normalized spacial score (nSPS) is 22.9. The summed E-state index contributed by atoms with van der Waals surface area (Å²) < 4.78 is 41.2. The van der Waals surface area contributed by atoms with Gasteiger partial charge in [-0.2, -0.15) is 18.3 Å². The van der Waals surface area contributed by atoms with Gasteiger partial charge in [0.2, 0.25) is 5.91 Å². The molecule has 3 heterocycles. The Morgan fingerprint density at radius 2 is 2.07 bits per heavy atom. The molecule has 5 nitrogen and oxygen atoms in total. The van der Waals surface area contributed by atoms with Crippen LogP contribution in [0.5, 0.6) is 0 Å². The van der Waals surface area contributed by atoms with Crippen molar-refractivity contribution in [1.29, 1.82) is 0 Å². The summed E-state index contributed by atoms with van der Waals surface area (Å²) in [6, 6.07) is 2.70. The number of rotatable bonds is 3. The molecule has 2 atom stereocenters. The molecule has 0 N–H and O–H groups in total. The Morgan fingerprint density at radius 1 is 1.25 bits per heavy atom. The van der Waals surface area contributed by atoms with Gasteiger partial charge in [-0.05, 0) is 38.2 Å². The predicted molar refractivity (Wildman–Crippen MR) is 97.8 cm³/mol. The first kappa shape index (κ1) is 19.0. The standard InChI is InChI=1S/C20H23F3N4O/c1-2-15-10-17(20(21,22)23)27-18(24-15)11-16(25-27)14-8-9-26(12-14)19(28)13-6-4-3-5-7-13/h3-4,10-11,13-14H,2,5-9,12H2,1H3/t13-,14-/m1/s1. The molecule has 1 saturated heterocycles. The minimum absolute atomic E-state index is 0.0235. The van der Waals surface area contributed by atoms with Crippen molar-refractivity contribution in [3.8, 4) is 0 Å². The number of allylic oxidation sites excluding steroid dienone is 2. The third kappa shape index (κ3) is 3.52. The van der Waals surface area contributed by atoms with Crippen molar-refractivity contribution in [1.82, 2.24) is 19.5 Å². The summed E-state index contributed by atoms with van der Waals surface area (Å²) in [4.78, 5) is 18.9. The smallest absolute Gasteiger partial charge is 0.342 e. The SMILES string of the molecule is CCc1cc(C(F)(F)F)n2nc([C@@H]3CCN(C(=O)[C@@H]4CC=CCC4)C3)cc2n1. The van der Waals surface area contributed by atoms with E-state index < -0.39 is 11.9 Å². The minimum Gasteiger partial charge on any atom is -0.342 e. The van der Waals surface area contributed by atoms with Crippen LogP contribution < -0.4 is 0 Å². The van der Waals surface area contributed by atoms with E-state index in [9.17, 15) is 18.0 Å². The molecule has 0 bridgehead atoms. The van der Waals surface area contributed by atoms with Crippen molar-refractivity contribution in [2.75, 3.05) is 13.1 Å². The van der Waals surface area contributed by atoms with Crippen molar-refractivity contribution in [2.45, 2.75) is 51.1 Å². The third-order valence-corrected chi connectivity index (χ3v) is 5.69. The number of hydrogen-bond donors (Lipinski definition) is 0. The highest BCUT2D eigenvalue weighted by atomic mass is 19.4. The number of halogens is 3. The summed E-state index contributed by atoms with van der Waals surface area (Å²) in [5.41, 5.74) is 0.370. The summed E-state index contributed by atoms with van der Waals surface area (Å²) >= 11 is 0. The maximum atomic E-state index is 13.4. The molecule has 1 aliphatic heterocycles. The number of hydrogen-bond acceptors (Lipinski definition) is 3. The molecular weight excluding hydrogens is 369 g/mol. The molecule has 2 aromatic rings. The average Bonchev–Trinajstić information content (AvgIpc) is 3.33. The number of likely N-dealkylation sites (tertiary alicyclic amines) is 1. The fraction of sp³-hybridized carbons (Fsp3) is 0.550. The van der Waals surface area contributed by atoms with Gasteiger partial charge in [-0.3, -0.25) is 4.79 Å². The van der Waals surface area contributed by atoms with Crippen molar-refractivity contribution in [2.24, 2.45) is 5.92 Å². The topological polar surface area (TPSA) is 50.5 Å². The molecule has 0 spiro atoms. The average molecular weight is 392 g/mol. The van der Waals surface area contributed by atoms with Gasteiger partial charge in [-0.1, -0.05) is 19.1 Å². The zero-order valence-corrected chi connectivity index (χ0v) is 15.7. The van der Waals surface area contributed by atoms with E-state index in [4.69, 9.17) is 0 Å². The highest BCUT2D eigenvalue weighted by Gasteiger charge is 2.37. The van der Waals surface area contributed by atoms with Gasteiger partial charge in [0.1, 0.15) is 5.69 Å². The summed E-state index contributed by atoms with van der Waals surface area (Å²) in [6.45, 7) is 2.90. The predicted octanol–water partition coefficient (Wildman–Crippen LogP) is 3.98. The number of fused-ring (bicyclic) bond motifs is 1. The largest absolute Gasteiger partial charge is 0.433 e. The zero-order valence-electron chi connectivity index (χ0n) is 15.7. The highest BCUT2D eigenvalue weighted by molar-refractivity contribution is 5.79. The maximum Gasteiger partial charge on any atom is 0.433 e. The molecule has 0 saturated carbocycles. The van der Waals surface area contributed by atoms with Crippen LogP contribution in [0.15, 0.2) is 24.3 Å².